The third-order valence-corrected chi connectivity index (χ3v) is 7.71. The summed E-state index contributed by atoms with van der Waals surface area (Å²) in [4.78, 5) is 16.6. The standard InChI is InChI=1S/C28H27Cl2N7O2/c1-31-28-33-14-17-12-19(23-24(29)21(38-2)13-22(39-3)25(23)30)27-34-20(15-37(27)26(17)35-28)16-5-4-6-18(11-16)36-9-7-32-8-10-36/h4-6,11-15,32H,7-10H2,1-3H3,(H,31,33,35). The number of fused-ring (bicyclic) bond motifs is 3. The molecule has 1 fully saturated rings. The highest BCUT2D eigenvalue weighted by atomic mass is 35.5. The van der Waals surface area contributed by atoms with E-state index in [0.717, 1.165) is 42.8 Å². The molecule has 5 aromatic rings. The van der Waals surface area contributed by atoms with Gasteiger partial charge in [0.25, 0.3) is 0 Å². The quantitative estimate of drug-likeness (QED) is 0.284. The van der Waals surface area contributed by atoms with Gasteiger partial charge in [-0.1, -0.05) is 35.3 Å². The Labute approximate surface area is 235 Å². The van der Waals surface area contributed by atoms with Crippen LogP contribution in [0.4, 0.5) is 11.6 Å². The number of ether oxygens (including phenoxy) is 2. The van der Waals surface area contributed by atoms with E-state index < -0.39 is 0 Å². The number of anilines is 2. The number of imidazole rings is 1. The highest BCUT2D eigenvalue weighted by Crippen LogP contribution is 2.47. The van der Waals surface area contributed by atoms with Gasteiger partial charge >= 0.3 is 0 Å². The molecule has 1 aliphatic rings. The summed E-state index contributed by atoms with van der Waals surface area (Å²) in [5.41, 5.74) is 5.58. The molecule has 9 nitrogen and oxygen atoms in total. The summed E-state index contributed by atoms with van der Waals surface area (Å²) in [6, 6.07) is 12.1. The normalized spacial score (nSPS) is 13.7. The largest absolute Gasteiger partial charge is 0.495 e. The highest BCUT2D eigenvalue weighted by molar-refractivity contribution is 6.41. The number of hydrogen-bond acceptors (Lipinski definition) is 8. The van der Waals surface area contributed by atoms with Crippen LogP contribution in [0.1, 0.15) is 0 Å². The monoisotopic (exact) mass is 563 g/mol. The second-order valence-electron chi connectivity index (χ2n) is 9.17. The lowest BCUT2D eigenvalue weighted by atomic mass is 10.0. The van der Waals surface area contributed by atoms with Gasteiger partial charge in [-0.05, 0) is 18.2 Å². The first kappa shape index (κ1) is 25.5. The van der Waals surface area contributed by atoms with Gasteiger partial charge in [-0.3, -0.25) is 4.40 Å². The van der Waals surface area contributed by atoms with Crippen LogP contribution in [0.5, 0.6) is 11.5 Å². The number of methoxy groups -OCH3 is 2. The van der Waals surface area contributed by atoms with Crippen LogP contribution in [-0.2, 0) is 0 Å². The molecule has 0 atom stereocenters. The zero-order chi connectivity index (χ0) is 27.1. The van der Waals surface area contributed by atoms with Gasteiger partial charge in [-0.15, -0.1) is 0 Å². The highest BCUT2D eigenvalue weighted by Gasteiger charge is 2.24. The van der Waals surface area contributed by atoms with Crippen molar-refractivity contribution in [2.45, 2.75) is 0 Å². The number of piperazine rings is 1. The third kappa shape index (κ3) is 4.46. The molecular weight excluding hydrogens is 537 g/mol. The maximum absolute atomic E-state index is 6.85. The lowest BCUT2D eigenvalue weighted by Crippen LogP contribution is -2.43. The van der Waals surface area contributed by atoms with Gasteiger partial charge in [0.1, 0.15) is 17.1 Å². The van der Waals surface area contributed by atoms with Crippen LogP contribution in [0.3, 0.4) is 0 Å². The van der Waals surface area contributed by atoms with Gasteiger partial charge in [0.2, 0.25) is 5.95 Å². The van der Waals surface area contributed by atoms with E-state index in [9.17, 15) is 0 Å². The molecule has 6 rings (SSSR count). The predicted octanol–water partition coefficient (Wildman–Crippen LogP) is 5.39. The number of halogens is 2. The van der Waals surface area contributed by atoms with E-state index in [1.165, 1.54) is 5.69 Å². The van der Waals surface area contributed by atoms with Crippen LogP contribution in [0.15, 0.2) is 48.8 Å². The maximum Gasteiger partial charge on any atom is 0.224 e. The molecule has 0 radical (unpaired) electrons. The second-order valence-corrected chi connectivity index (χ2v) is 9.93. The Kier molecular flexibility index (Phi) is 6.80. The molecular formula is C28H27Cl2N7O2. The van der Waals surface area contributed by atoms with E-state index in [2.05, 4.69) is 44.8 Å². The first-order valence-corrected chi connectivity index (χ1v) is 13.3. The minimum Gasteiger partial charge on any atom is -0.495 e. The van der Waals surface area contributed by atoms with Crippen LogP contribution in [0.25, 0.3) is 39.1 Å². The second kappa shape index (κ2) is 10.4. The third-order valence-electron chi connectivity index (χ3n) is 6.96. The van der Waals surface area contributed by atoms with Crippen LogP contribution in [0.2, 0.25) is 10.0 Å². The van der Waals surface area contributed by atoms with Crippen molar-refractivity contribution in [3.8, 4) is 33.9 Å². The smallest absolute Gasteiger partial charge is 0.224 e. The number of aromatic nitrogens is 4. The summed E-state index contributed by atoms with van der Waals surface area (Å²) in [5.74, 6) is 1.40. The fourth-order valence-electron chi connectivity index (χ4n) is 4.98. The Morgan fingerprint density at radius 3 is 2.38 bits per heavy atom. The van der Waals surface area contributed by atoms with Crippen molar-refractivity contribution in [1.29, 1.82) is 0 Å². The molecule has 0 aliphatic carbocycles. The Morgan fingerprint density at radius 2 is 1.69 bits per heavy atom. The van der Waals surface area contributed by atoms with E-state index in [4.69, 9.17) is 42.6 Å². The molecule has 2 aromatic carbocycles. The van der Waals surface area contributed by atoms with Gasteiger partial charge in [0, 0.05) is 79.5 Å². The molecule has 0 amide bonds. The molecule has 200 valence electrons. The van der Waals surface area contributed by atoms with E-state index >= 15 is 0 Å². The van der Waals surface area contributed by atoms with Crippen molar-refractivity contribution in [1.82, 2.24) is 24.7 Å². The van der Waals surface area contributed by atoms with Crippen LogP contribution in [-0.4, -0.2) is 66.8 Å². The number of nitrogens with one attached hydrogen (secondary N) is 2. The van der Waals surface area contributed by atoms with Crippen molar-refractivity contribution < 1.29 is 9.47 Å². The van der Waals surface area contributed by atoms with Gasteiger partial charge in [-0.25, -0.2) is 9.97 Å². The molecule has 39 heavy (non-hydrogen) atoms. The van der Waals surface area contributed by atoms with Crippen molar-refractivity contribution in [3.05, 3.63) is 58.8 Å². The minimum atomic E-state index is 0.363. The molecule has 2 N–H and O–H groups in total. The van der Waals surface area contributed by atoms with E-state index in [1.54, 1.807) is 33.5 Å². The van der Waals surface area contributed by atoms with Crippen molar-refractivity contribution >= 4 is 51.5 Å². The van der Waals surface area contributed by atoms with E-state index in [1.807, 2.05) is 16.7 Å². The van der Waals surface area contributed by atoms with Gasteiger partial charge in [0.15, 0.2) is 5.65 Å². The summed E-state index contributed by atoms with van der Waals surface area (Å²) < 4.78 is 13.0. The average molecular weight is 564 g/mol. The van der Waals surface area contributed by atoms with Gasteiger partial charge in [0.05, 0.1) is 30.0 Å². The molecule has 0 bridgehead atoms. The van der Waals surface area contributed by atoms with Gasteiger partial charge in [-0.2, -0.15) is 4.98 Å². The molecule has 11 heteroatoms. The number of benzene rings is 2. The van der Waals surface area contributed by atoms with Crippen LogP contribution >= 0.6 is 23.2 Å². The number of pyridine rings is 1. The summed E-state index contributed by atoms with van der Waals surface area (Å²) in [6.07, 6.45) is 3.75. The number of hydrogen-bond donors (Lipinski definition) is 2. The topological polar surface area (TPSA) is 88.8 Å². The molecule has 0 saturated carbocycles. The lowest BCUT2D eigenvalue weighted by molar-refractivity contribution is 0.395. The number of rotatable bonds is 6. The average Bonchev–Trinajstić information content (AvgIpc) is 3.44. The fourth-order valence-corrected chi connectivity index (χ4v) is 5.68. The van der Waals surface area contributed by atoms with Crippen LogP contribution < -0.4 is 25.0 Å². The van der Waals surface area contributed by atoms with Crippen LogP contribution in [0, 0.1) is 0 Å². The summed E-state index contributed by atoms with van der Waals surface area (Å²) in [5, 5.41) is 7.95. The Morgan fingerprint density at radius 1 is 0.949 bits per heavy atom. The summed E-state index contributed by atoms with van der Waals surface area (Å²) in [7, 11) is 4.90. The SMILES string of the molecule is CNc1ncc2cc(-c3c(Cl)c(OC)cc(OC)c3Cl)c3nc(-c4cccc(N5CCNCC5)c4)cn3c2n1. The number of nitrogens with zero attached hydrogens (tertiary/aromatic N) is 5. The molecule has 0 unspecified atom stereocenters. The Bertz CT molecular complexity index is 1670. The van der Waals surface area contributed by atoms with E-state index in [-0.39, 0.29) is 0 Å². The zero-order valence-electron chi connectivity index (χ0n) is 21.8. The van der Waals surface area contributed by atoms with Crippen molar-refractivity contribution in [2.24, 2.45) is 0 Å². The molecule has 3 aromatic heterocycles. The predicted molar refractivity (Wildman–Crippen MR) is 157 cm³/mol. The summed E-state index contributed by atoms with van der Waals surface area (Å²) >= 11 is 13.7. The summed E-state index contributed by atoms with van der Waals surface area (Å²) in [6.45, 7) is 3.85. The molecule has 1 saturated heterocycles. The molecule has 0 spiro atoms. The van der Waals surface area contributed by atoms with Gasteiger partial charge < -0.3 is 25.0 Å². The van der Waals surface area contributed by atoms with Crippen molar-refractivity contribution in [2.75, 3.05) is 57.7 Å². The fraction of sp³-hybridized carbons (Fsp3) is 0.250. The first-order valence-electron chi connectivity index (χ1n) is 12.6. The molecule has 4 heterocycles. The van der Waals surface area contributed by atoms with E-state index in [0.29, 0.717) is 49.9 Å². The molecule has 1 aliphatic heterocycles. The Hall–Kier alpha value is -3.79. The first-order chi connectivity index (χ1) is 19.0. The minimum absolute atomic E-state index is 0.363. The lowest BCUT2D eigenvalue weighted by Gasteiger charge is -2.29. The zero-order valence-corrected chi connectivity index (χ0v) is 23.3. The van der Waals surface area contributed by atoms with Crippen molar-refractivity contribution in [3.63, 3.8) is 0 Å². The Balaban J connectivity index is 1.62. The maximum atomic E-state index is 6.85.